The van der Waals surface area contributed by atoms with Gasteiger partial charge >= 0.3 is 0 Å². The Balaban J connectivity index is 1.41. The molecule has 1 aromatic carbocycles. The van der Waals surface area contributed by atoms with E-state index in [1.165, 1.54) is 12.1 Å². The van der Waals surface area contributed by atoms with Crippen LogP contribution >= 0.6 is 11.8 Å². The number of hydrogen-bond acceptors (Lipinski definition) is 5. The van der Waals surface area contributed by atoms with Crippen molar-refractivity contribution in [2.45, 2.75) is 6.61 Å². The predicted octanol–water partition coefficient (Wildman–Crippen LogP) is 1.73. The Morgan fingerprint density at radius 1 is 1.36 bits per heavy atom. The largest absolute Gasteiger partial charge is 0.364 e. The number of H-pyrrole nitrogens is 1. The highest BCUT2D eigenvalue weighted by atomic mass is 32.2. The fourth-order valence-corrected chi connectivity index (χ4v) is 3.31. The summed E-state index contributed by atoms with van der Waals surface area (Å²) >= 11 is 1.84. The summed E-state index contributed by atoms with van der Waals surface area (Å²) < 4.78 is 18.7. The number of amides is 1. The maximum absolute atomic E-state index is 13.2. The molecule has 8 heteroatoms. The van der Waals surface area contributed by atoms with E-state index in [1.807, 2.05) is 16.7 Å². The van der Waals surface area contributed by atoms with Crippen LogP contribution in [0.5, 0.6) is 0 Å². The van der Waals surface area contributed by atoms with Crippen molar-refractivity contribution < 1.29 is 13.9 Å². The van der Waals surface area contributed by atoms with Gasteiger partial charge in [-0.25, -0.2) is 9.37 Å². The number of hydrogen-bond donors (Lipinski definition) is 1. The number of aromatic nitrogens is 2. The molecule has 0 bridgehead atoms. The van der Waals surface area contributed by atoms with E-state index in [1.54, 1.807) is 6.07 Å². The Labute approximate surface area is 150 Å². The smallest absolute Gasteiger partial charge is 0.248 e. The molecule has 2 heterocycles. The summed E-state index contributed by atoms with van der Waals surface area (Å²) in [4.78, 5) is 23.8. The number of nitrogens with zero attached hydrogens (tertiary/aromatic N) is 3. The summed E-state index contributed by atoms with van der Waals surface area (Å²) in [6.07, 6.45) is 2.11. The van der Waals surface area contributed by atoms with Crippen LogP contribution in [0.1, 0.15) is 5.82 Å². The van der Waals surface area contributed by atoms with Crippen molar-refractivity contribution in [1.29, 1.82) is 0 Å². The summed E-state index contributed by atoms with van der Waals surface area (Å²) in [6.45, 7) is 4.65. The third-order valence-electron chi connectivity index (χ3n) is 4.29. The molecule has 0 spiro atoms. The Kier molecular flexibility index (Phi) is 6.28. The van der Waals surface area contributed by atoms with Crippen molar-refractivity contribution in [2.75, 3.05) is 51.3 Å². The molecule has 25 heavy (non-hydrogen) atoms. The van der Waals surface area contributed by atoms with Gasteiger partial charge in [-0.3, -0.25) is 9.69 Å². The molecule has 0 radical (unpaired) electrons. The average molecular weight is 366 g/mol. The Morgan fingerprint density at radius 3 is 2.92 bits per heavy atom. The van der Waals surface area contributed by atoms with Crippen molar-refractivity contribution in [3.05, 3.63) is 29.8 Å². The molecule has 0 unspecified atom stereocenters. The van der Waals surface area contributed by atoms with E-state index in [4.69, 9.17) is 4.74 Å². The first-order valence-corrected chi connectivity index (χ1v) is 9.76. The Bertz CT molecular complexity index is 716. The quantitative estimate of drug-likeness (QED) is 0.809. The number of nitrogens with one attached hydrogen (secondary N) is 1. The van der Waals surface area contributed by atoms with Crippen molar-refractivity contribution in [1.82, 2.24) is 19.8 Å². The van der Waals surface area contributed by atoms with E-state index in [9.17, 15) is 9.18 Å². The molecule has 1 N–H and O–H groups in total. The standard InChI is InChI=1S/C17H23FN4O2S/c1-25-9-8-21-4-6-22(7-5-21)17(23)12-24-11-16-19-14-3-2-13(18)10-15(14)20-16/h2-3,10H,4-9,11-12H2,1H3,(H,19,20). The molecular formula is C17H23FN4O2S. The lowest BCUT2D eigenvalue weighted by Gasteiger charge is -2.34. The molecular weight excluding hydrogens is 343 g/mol. The molecule has 0 atom stereocenters. The van der Waals surface area contributed by atoms with Gasteiger partial charge in [0.15, 0.2) is 0 Å². The number of benzene rings is 1. The number of thioether (sulfide) groups is 1. The van der Waals surface area contributed by atoms with Gasteiger partial charge in [0.2, 0.25) is 5.91 Å². The normalized spacial score (nSPS) is 15.8. The van der Waals surface area contributed by atoms with Crippen LogP contribution in [0.15, 0.2) is 18.2 Å². The predicted molar refractivity (Wildman–Crippen MR) is 97.1 cm³/mol. The third kappa shape index (κ3) is 4.93. The van der Waals surface area contributed by atoms with Crippen LogP contribution in [-0.2, 0) is 16.1 Å². The summed E-state index contributed by atoms with van der Waals surface area (Å²) in [6, 6.07) is 4.38. The number of carbonyl (C=O) groups excluding carboxylic acids is 1. The van der Waals surface area contributed by atoms with Crippen LogP contribution in [0.25, 0.3) is 11.0 Å². The lowest BCUT2D eigenvalue weighted by Crippen LogP contribution is -2.50. The molecule has 1 fully saturated rings. The van der Waals surface area contributed by atoms with Gasteiger partial charge in [0.25, 0.3) is 0 Å². The summed E-state index contributed by atoms with van der Waals surface area (Å²) in [5.41, 5.74) is 1.32. The van der Waals surface area contributed by atoms with Crippen molar-refractivity contribution in [2.24, 2.45) is 0 Å². The van der Waals surface area contributed by atoms with Crippen LogP contribution in [0.2, 0.25) is 0 Å². The number of aromatic amines is 1. The topological polar surface area (TPSA) is 61.5 Å². The minimum absolute atomic E-state index is 0.00618. The molecule has 3 rings (SSSR count). The first-order chi connectivity index (χ1) is 12.2. The number of fused-ring (bicyclic) bond motifs is 1. The fraction of sp³-hybridized carbons (Fsp3) is 0.529. The molecule has 1 aliphatic rings. The van der Waals surface area contributed by atoms with E-state index in [0.29, 0.717) is 16.9 Å². The minimum Gasteiger partial charge on any atom is -0.364 e. The highest BCUT2D eigenvalue weighted by molar-refractivity contribution is 7.98. The van der Waals surface area contributed by atoms with Crippen LogP contribution in [0.3, 0.4) is 0 Å². The second-order valence-corrected chi connectivity index (χ2v) is 7.04. The summed E-state index contributed by atoms with van der Waals surface area (Å²) in [7, 11) is 0. The van der Waals surface area contributed by atoms with Gasteiger partial charge in [0.05, 0.1) is 11.0 Å². The van der Waals surface area contributed by atoms with Gasteiger partial charge in [-0.05, 0) is 24.5 Å². The summed E-state index contributed by atoms with van der Waals surface area (Å²) in [5.74, 6) is 1.41. The average Bonchev–Trinajstić information content (AvgIpc) is 3.02. The molecule has 1 aliphatic heterocycles. The van der Waals surface area contributed by atoms with E-state index < -0.39 is 0 Å². The van der Waals surface area contributed by atoms with Gasteiger partial charge in [-0.1, -0.05) is 0 Å². The van der Waals surface area contributed by atoms with Gasteiger partial charge in [0.1, 0.15) is 24.9 Å². The number of halogens is 1. The lowest BCUT2D eigenvalue weighted by atomic mass is 10.3. The SMILES string of the molecule is CSCCN1CCN(C(=O)COCc2nc3ccc(F)cc3[nH]2)CC1. The third-order valence-corrected chi connectivity index (χ3v) is 4.88. The van der Waals surface area contributed by atoms with E-state index in [-0.39, 0.29) is 24.9 Å². The number of ether oxygens (including phenoxy) is 1. The molecule has 136 valence electrons. The second-order valence-electron chi connectivity index (χ2n) is 6.05. The highest BCUT2D eigenvalue weighted by Crippen LogP contribution is 2.13. The van der Waals surface area contributed by atoms with Crippen LogP contribution < -0.4 is 0 Å². The maximum atomic E-state index is 13.2. The second kappa shape index (κ2) is 8.64. The van der Waals surface area contributed by atoms with Crippen molar-refractivity contribution >= 4 is 28.7 Å². The first-order valence-electron chi connectivity index (χ1n) is 8.36. The Hall–Kier alpha value is -1.64. The number of carbonyl (C=O) groups is 1. The molecule has 1 aromatic heterocycles. The molecule has 0 aliphatic carbocycles. The Morgan fingerprint density at radius 2 is 2.16 bits per heavy atom. The molecule has 6 nitrogen and oxygen atoms in total. The molecule has 1 amide bonds. The van der Waals surface area contributed by atoms with Crippen molar-refractivity contribution in [3.8, 4) is 0 Å². The zero-order valence-corrected chi connectivity index (χ0v) is 15.1. The fourth-order valence-electron chi connectivity index (χ4n) is 2.87. The number of imidazole rings is 1. The van der Waals surface area contributed by atoms with E-state index >= 15 is 0 Å². The molecule has 2 aromatic rings. The number of rotatable bonds is 7. The van der Waals surface area contributed by atoms with Crippen LogP contribution in [0.4, 0.5) is 4.39 Å². The highest BCUT2D eigenvalue weighted by Gasteiger charge is 2.20. The monoisotopic (exact) mass is 366 g/mol. The van der Waals surface area contributed by atoms with Gasteiger partial charge in [-0.2, -0.15) is 11.8 Å². The van der Waals surface area contributed by atoms with Crippen molar-refractivity contribution in [3.63, 3.8) is 0 Å². The van der Waals surface area contributed by atoms with Gasteiger partial charge in [0, 0.05) is 38.5 Å². The molecule has 0 saturated carbocycles. The maximum Gasteiger partial charge on any atom is 0.248 e. The lowest BCUT2D eigenvalue weighted by molar-refractivity contribution is -0.138. The molecule has 1 saturated heterocycles. The van der Waals surface area contributed by atoms with E-state index in [0.717, 1.165) is 38.5 Å². The minimum atomic E-state index is -0.310. The van der Waals surface area contributed by atoms with Crippen LogP contribution in [0, 0.1) is 5.82 Å². The first kappa shape index (κ1) is 18.2. The zero-order valence-electron chi connectivity index (χ0n) is 14.3. The van der Waals surface area contributed by atoms with Gasteiger partial charge in [-0.15, -0.1) is 0 Å². The van der Waals surface area contributed by atoms with E-state index in [2.05, 4.69) is 21.1 Å². The van der Waals surface area contributed by atoms with Crippen LogP contribution in [-0.4, -0.2) is 77.0 Å². The summed E-state index contributed by atoms with van der Waals surface area (Å²) in [5, 5.41) is 0. The van der Waals surface area contributed by atoms with Gasteiger partial charge < -0.3 is 14.6 Å². The zero-order chi connectivity index (χ0) is 17.6. The number of piperazine rings is 1.